The van der Waals surface area contributed by atoms with Crippen molar-refractivity contribution in [2.45, 2.75) is 29.1 Å². The van der Waals surface area contributed by atoms with Gasteiger partial charge < -0.3 is 0 Å². The molecule has 9 aromatic rings. The molecule has 0 saturated heterocycles. The summed E-state index contributed by atoms with van der Waals surface area (Å²) in [4.78, 5) is 18.0. The molecule has 1 unspecified atom stereocenters. The Bertz CT molecular complexity index is 3050. The van der Waals surface area contributed by atoms with Gasteiger partial charge >= 0.3 is 0 Å². The number of hydrogen-bond donors (Lipinski definition) is 0. The fraction of sp³-hybridized carbons (Fsp3) is 0.0556. The summed E-state index contributed by atoms with van der Waals surface area (Å²) >= 11 is 1.85. The first kappa shape index (κ1) is 34.4. The molecule has 0 amide bonds. The predicted octanol–water partition coefficient (Wildman–Crippen LogP) is 13.7. The first-order valence-corrected chi connectivity index (χ1v) is 20.6. The molecule has 1 aliphatic carbocycles. The minimum Gasteiger partial charge on any atom is -0.258 e. The summed E-state index contributed by atoms with van der Waals surface area (Å²) in [5.74, 6) is 0.701. The van der Waals surface area contributed by atoms with Crippen LogP contribution in [-0.2, 0) is 5.41 Å². The Labute approximate surface area is 343 Å². The molecule has 1 aliphatic heterocycles. The monoisotopic (exact) mass is 759 g/mol. The third-order valence-electron chi connectivity index (χ3n) is 11.8. The Morgan fingerprint density at radius 3 is 1.66 bits per heavy atom. The van der Waals surface area contributed by atoms with E-state index in [0.29, 0.717) is 5.82 Å². The summed E-state index contributed by atoms with van der Waals surface area (Å²) in [6.45, 7) is 4.17. The molecule has 0 radical (unpaired) electrons. The van der Waals surface area contributed by atoms with Gasteiger partial charge in [-0.25, -0.2) is 9.97 Å². The van der Waals surface area contributed by atoms with Crippen molar-refractivity contribution in [3.05, 3.63) is 222 Å². The highest BCUT2D eigenvalue weighted by molar-refractivity contribution is 7.99. The predicted molar refractivity (Wildman–Crippen MR) is 238 cm³/mol. The molecule has 4 heteroatoms. The van der Waals surface area contributed by atoms with Crippen LogP contribution in [0, 0.1) is 13.8 Å². The number of pyridine rings is 1. The van der Waals surface area contributed by atoms with Crippen LogP contribution in [0.2, 0.25) is 0 Å². The number of aromatic nitrogens is 3. The van der Waals surface area contributed by atoms with Gasteiger partial charge in [0.25, 0.3) is 0 Å². The van der Waals surface area contributed by atoms with Crippen molar-refractivity contribution in [2.75, 3.05) is 0 Å². The van der Waals surface area contributed by atoms with Crippen molar-refractivity contribution in [2.24, 2.45) is 0 Å². The molecular weight excluding hydrogens is 723 g/mol. The van der Waals surface area contributed by atoms with Gasteiger partial charge in [-0.15, -0.1) is 0 Å². The molecule has 0 fully saturated rings. The topological polar surface area (TPSA) is 38.7 Å². The molecule has 11 rings (SSSR count). The molecule has 3 nitrogen and oxygen atoms in total. The van der Waals surface area contributed by atoms with Gasteiger partial charge in [0, 0.05) is 43.4 Å². The Kier molecular flexibility index (Phi) is 8.09. The van der Waals surface area contributed by atoms with Crippen LogP contribution in [0.15, 0.2) is 198 Å². The minimum absolute atomic E-state index is 0.561. The van der Waals surface area contributed by atoms with E-state index >= 15 is 0 Å². The average Bonchev–Trinajstić information content (AvgIpc) is 3.57. The average molecular weight is 760 g/mol. The van der Waals surface area contributed by atoms with E-state index < -0.39 is 5.41 Å². The quantitative estimate of drug-likeness (QED) is 0.175. The van der Waals surface area contributed by atoms with Crippen LogP contribution in [0.3, 0.4) is 0 Å². The zero-order valence-electron chi connectivity index (χ0n) is 32.1. The third-order valence-corrected chi connectivity index (χ3v) is 13.0. The Balaban J connectivity index is 1.13. The highest BCUT2D eigenvalue weighted by Gasteiger charge is 2.50. The zero-order chi connectivity index (χ0) is 38.8. The molecule has 3 heterocycles. The molecule has 0 bridgehead atoms. The lowest BCUT2D eigenvalue weighted by atomic mass is 9.67. The maximum absolute atomic E-state index is 5.34. The van der Waals surface area contributed by atoms with Gasteiger partial charge in [-0.05, 0) is 100 Å². The number of rotatable bonds is 5. The van der Waals surface area contributed by atoms with Crippen LogP contribution in [0.5, 0.6) is 0 Å². The molecule has 0 N–H and O–H groups in total. The largest absolute Gasteiger partial charge is 0.258 e. The molecular formula is C54H37N3S. The van der Waals surface area contributed by atoms with E-state index in [-0.39, 0.29) is 0 Å². The van der Waals surface area contributed by atoms with Gasteiger partial charge in [-0.3, -0.25) is 4.98 Å². The van der Waals surface area contributed by atoms with Crippen LogP contribution in [0.1, 0.15) is 33.6 Å². The lowest BCUT2D eigenvalue weighted by Crippen LogP contribution is -2.32. The highest BCUT2D eigenvalue weighted by atomic mass is 32.2. The first-order valence-electron chi connectivity index (χ1n) is 19.8. The van der Waals surface area contributed by atoms with Gasteiger partial charge in [-0.1, -0.05) is 163 Å². The fourth-order valence-electron chi connectivity index (χ4n) is 9.14. The molecule has 274 valence electrons. The summed E-state index contributed by atoms with van der Waals surface area (Å²) < 4.78 is 0. The van der Waals surface area contributed by atoms with Crippen LogP contribution < -0.4 is 0 Å². The van der Waals surface area contributed by atoms with Crippen molar-refractivity contribution in [3.8, 4) is 67.3 Å². The molecule has 2 aromatic heterocycles. The van der Waals surface area contributed by atoms with E-state index in [0.717, 1.165) is 45.0 Å². The number of fused-ring (bicyclic) bond motifs is 9. The summed E-state index contributed by atoms with van der Waals surface area (Å²) in [5.41, 5.74) is 18.7. The normalized spacial score (nSPS) is 14.7. The standard InChI is InChI=1S/C54H37N3S/c1-34-21-28-42(35(2)55-34)40-26-29-44-43-17-9-10-18-45(43)54(47(44)31-40)46-19-11-12-20-51(46)58-52-30-27-41(32-48(52)54)53-56-49(38-15-7-4-8-16-38)33-50(57-53)39-24-22-37(23-25-39)36-13-5-3-6-14-36/h3-33H,1-2H3. The maximum atomic E-state index is 5.34. The highest BCUT2D eigenvalue weighted by Crippen LogP contribution is 2.62. The zero-order valence-corrected chi connectivity index (χ0v) is 33.0. The van der Waals surface area contributed by atoms with Crippen molar-refractivity contribution >= 4 is 11.8 Å². The Morgan fingerprint density at radius 2 is 0.897 bits per heavy atom. The number of aryl methyl sites for hydroxylation is 2. The maximum Gasteiger partial charge on any atom is 0.160 e. The van der Waals surface area contributed by atoms with Gasteiger partial charge in [0.1, 0.15) is 0 Å². The lowest BCUT2D eigenvalue weighted by molar-refractivity contribution is 0.723. The lowest BCUT2D eigenvalue weighted by Gasteiger charge is -2.40. The van der Waals surface area contributed by atoms with Crippen LogP contribution >= 0.6 is 11.8 Å². The number of nitrogens with zero attached hydrogens (tertiary/aromatic N) is 3. The van der Waals surface area contributed by atoms with Gasteiger partial charge in [-0.2, -0.15) is 0 Å². The van der Waals surface area contributed by atoms with Crippen molar-refractivity contribution in [1.29, 1.82) is 0 Å². The summed E-state index contributed by atoms with van der Waals surface area (Å²) in [6.07, 6.45) is 0. The molecule has 0 saturated carbocycles. The molecule has 1 atom stereocenters. The molecule has 2 aliphatic rings. The van der Waals surface area contributed by atoms with E-state index in [9.17, 15) is 0 Å². The van der Waals surface area contributed by atoms with Crippen molar-refractivity contribution < 1.29 is 0 Å². The van der Waals surface area contributed by atoms with Crippen molar-refractivity contribution in [1.82, 2.24) is 15.0 Å². The van der Waals surface area contributed by atoms with Crippen LogP contribution in [0.4, 0.5) is 0 Å². The van der Waals surface area contributed by atoms with E-state index in [1.165, 1.54) is 59.9 Å². The third kappa shape index (κ3) is 5.48. The summed E-state index contributed by atoms with van der Waals surface area (Å²) in [6, 6.07) is 68.0. The van der Waals surface area contributed by atoms with Gasteiger partial charge in [0.15, 0.2) is 5.82 Å². The van der Waals surface area contributed by atoms with Crippen LogP contribution in [0.25, 0.3) is 67.3 Å². The second kappa shape index (κ2) is 13.7. The number of benzene rings is 7. The summed E-state index contributed by atoms with van der Waals surface area (Å²) in [7, 11) is 0. The van der Waals surface area contributed by atoms with Crippen LogP contribution in [-0.4, -0.2) is 15.0 Å². The van der Waals surface area contributed by atoms with Gasteiger partial charge in [0.05, 0.1) is 16.8 Å². The fourth-order valence-corrected chi connectivity index (χ4v) is 10.3. The van der Waals surface area contributed by atoms with E-state index in [2.05, 4.69) is 196 Å². The molecule has 1 spiro atoms. The minimum atomic E-state index is -0.561. The van der Waals surface area contributed by atoms with E-state index in [1.807, 2.05) is 17.8 Å². The number of hydrogen-bond acceptors (Lipinski definition) is 4. The second-order valence-corrected chi connectivity index (χ2v) is 16.3. The SMILES string of the molecule is Cc1ccc(-c2ccc3c(c2)C2(c4ccccc4Sc4ccc(-c5nc(-c6ccccc6)cc(-c6ccc(-c7ccccc7)cc6)n5)cc42)c2ccccc2-3)c(C)n1. The summed E-state index contributed by atoms with van der Waals surface area (Å²) in [5, 5.41) is 0. The van der Waals surface area contributed by atoms with E-state index in [4.69, 9.17) is 15.0 Å². The second-order valence-electron chi connectivity index (χ2n) is 15.2. The van der Waals surface area contributed by atoms with Gasteiger partial charge in [0.2, 0.25) is 0 Å². The van der Waals surface area contributed by atoms with Crippen molar-refractivity contribution in [3.63, 3.8) is 0 Å². The Morgan fingerprint density at radius 1 is 0.362 bits per heavy atom. The molecule has 58 heavy (non-hydrogen) atoms. The smallest absolute Gasteiger partial charge is 0.160 e. The Hall–Kier alpha value is -6.88. The van der Waals surface area contributed by atoms with E-state index in [1.54, 1.807) is 0 Å². The first-order chi connectivity index (χ1) is 28.5. The molecule has 7 aromatic carbocycles.